The van der Waals surface area contributed by atoms with Gasteiger partial charge in [-0.1, -0.05) is 48.3 Å². The Labute approximate surface area is 99.0 Å². The number of rotatable bonds is 2. The van der Waals surface area contributed by atoms with Gasteiger partial charge in [0.05, 0.1) is 5.02 Å². The summed E-state index contributed by atoms with van der Waals surface area (Å²) in [7, 11) is 0. The minimum atomic E-state index is 0.251. The monoisotopic (exact) mass is 275 g/mol. The van der Waals surface area contributed by atoms with E-state index in [9.17, 15) is 0 Å². The molecule has 0 saturated heterocycles. The fraction of sp³-hybridized carbons (Fsp3) is 0.545. The Balaban J connectivity index is 2.65. The van der Waals surface area contributed by atoms with Crippen LogP contribution in [-0.4, -0.2) is 9.81 Å². The van der Waals surface area contributed by atoms with Crippen molar-refractivity contribution in [3.05, 3.63) is 29.0 Å². The maximum atomic E-state index is 5.76. The van der Waals surface area contributed by atoms with Gasteiger partial charge in [-0.2, -0.15) is 0 Å². The SMILES string of the molecule is CC(C)(C)C(Br)Cc1ccc(Cl)cn1. The van der Waals surface area contributed by atoms with Crippen LogP contribution in [0.2, 0.25) is 5.02 Å². The molecule has 1 rings (SSSR count). The van der Waals surface area contributed by atoms with Crippen LogP contribution in [0.1, 0.15) is 26.5 Å². The van der Waals surface area contributed by atoms with E-state index in [1.807, 2.05) is 12.1 Å². The zero-order valence-electron chi connectivity index (χ0n) is 8.72. The highest BCUT2D eigenvalue weighted by Crippen LogP contribution is 2.28. The minimum Gasteiger partial charge on any atom is -0.260 e. The molecule has 0 radical (unpaired) electrons. The Morgan fingerprint density at radius 2 is 2.07 bits per heavy atom. The summed E-state index contributed by atoms with van der Waals surface area (Å²) in [5.41, 5.74) is 1.33. The largest absolute Gasteiger partial charge is 0.260 e. The van der Waals surface area contributed by atoms with Crippen LogP contribution in [0, 0.1) is 5.41 Å². The number of nitrogens with zero attached hydrogens (tertiary/aromatic N) is 1. The highest BCUT2D eigenvalue weighted by Gasteiger charge is 2.22. The van der Waals surface area contributed by atoms with Gasteiger partial charge in [0.2, 0.25) is 0 Å². The molecule has 0 spiro atoms. The molecule has 0 aliphatic carbocycles. The second-order valence-corrected chi connectivity index (χ2v) is 6.05. The third-order valence-electron chi connectivity index (χ3n) is 2.12. The fourth-order valence-corrected chi connectivity index (χ4v) is 1.46. The van der Waals surface area contributed by atoms with Crippen molar-refractivity contribution in [2.24, 2.45) is 5.41 Å². The molecule has 0 aliphatic rings. The Morgan fingerprint density at radius 3 is 2.50 bits per heavy atom. The van der Waals surface area contributed by atoms with Gasteiger partial charge in [0.15, 0.2) is 0 Å². The Bertz CT molecular complexity index is 289. The van der Waals surface area contributed by atoms with Crippen molar-refractivity contribution in [2.45, 2.75) is 32.0 Å². The van der Waals surface area contributed by atoms with Crippen LogP contribution < -0.4 is 0 Å². The first kappa shape index (κ1) is 12.0. The third kappa shape index (κ3) is 3.58. The average Bonchev–Trinajstić information content (AvgIpc) is 2.07. The topological polar surface area (TPSA) is 12.9 Å². The molecular formula is C11H15BrClN. The average molecular weight is 277 g/mol. The number of halogens is 2. The smallest absolute Gasteiger partial charge is 0.0589 e. The Kier molecular flexibility index (Phi) is 3.96. The van der Waals surface area contributed by atoms with Crippen LogP contribution in [-0.2, 0) is 6.42 Å². The van der Waals surface area contributed by atoms with Crippen molar-refractivity contribution in [2.75, 3.05) is 0 Å². The molecule has 78 valence electrons. The lowest BCUT2D eigenvalue weighted by Crippen LogP contribution is -2.22. The van der Waals surface area contributed by atoms with Gasteiger partial charge in [-0.05, 0) is 17.5 Å². The zero-order chi connectivity index (χ0) is 10.8. The van der Waals surface area contributed by atoms with Crippen molar-refractivity contribution in [3.63, 3.8) is 0 Å². The number of pyridine rings is 1. The van der Waals surface area contributed by atoms with Crippen molar-refractivity contribution in [1.29, 1.82) is 0 Å². The van der Waals surface area contributed by atoms with Crippen molar-refractivity contribution in [3.8, 4) is 0 Å². The van der Waals surface area contributed by atoms with E-state index in [1.165, 1.54) is 0 Å². The normalized spacial score (nSPS) is 14.1. The van der Waals surface area contributed by atoms with Crippen LogP contribution >= 0.6 is 27.5 Å². The maximum Gasteiger partial charge on any atom is 0.0589 e. The second-order valence-electron chi connectivity index (χ2n) is 4.51. The van der Waals surface area contributed by atoms with Gasteiger partial charge in [0.25, 0.3) is 0 Å². The van der Waals surface area contributed by atoms with Gasteiger partial charge in [0.1, 0.15) is 0 Å². The molecule has 3 heteroatoms. The van der Waals surface area contributed by atoms with E-state index >= 15 is 0 Å². The van der Waals surface area contributed by atoms with Gasteiger partial charge in [-0.15, -0.1) is 0 Å². The molecule has 0 fully saturated rings. The summed E-state index contributed by atoms with van der Waals surface area (Å²) in [4.78, 5) is 4.70. The van der Waals surface area contributed by atoms with Gasteiger partial charge >= 0.3 is 0 Å². The molecule has 1 atom stereocenters. The molecule has 0 aliphatic heterocycles. The van der Waals surface area contributed by atoms with Gasteiger partial charge < -0.3 is 0 Å². The lowest BCUT2D eigenvalue weighted by Gasteiger charge is -2.25. The fourth-order valence-electron chi connectivity index (χ4n) is 1.02. The molecule has 0 amide bonds. The molecule has 0 bridgehead atoms. The van der Waals surface area contributed by atoms with Crippen molar-refractivity contribution in [1.82, 2.24) is 4.98 Å². The molecule has 0 aromatic carbocycles. The lowest BCUT2D eigenvalue weighted by molar-refractivity contribution is 0.396. The molecule has 14 heavy (non-hydrogen) atoms. The summed E-state index contributed by atoms with van der Waals surface area (Å²) in [6.07, 6.45) is 2.62. The number of alkyl halides is 1. The number of hydrogen-bond acceptors (Lipinski definition) is 1. The quantitative estimate of drug-likeness (QED) is 0.742. The van der Waals surface area contributed by atoms with Crippen LogP contribution in [0.4, 0.5) is 0 Å². The van der Waals surface area contributed by atoms with E-state index in [0.717, 1.165) is 12.1 Å². The minimum absolute atomic E-state index is 0.251. The van der Waals surface area contributed by atoms with Crippen LogP contribution in [0.25, 0.3) is 0 Å². The van der Waals surface area contributed by atoms with E-state index in [-0.39, 0.29) is 5.41 Å². The van der Waals surface area contributed by atoms with E-state index in [4.69, 9.17) is 11.6 Å². The molecule has 1 aromatic heterocycles. The first-order valence-corrected chi connectivity index (χ1v) is 5.93. The summed E-state index contributed by atoms with van der Waals surface area (Å²) < 4.78 is 0. The van der Waals surface area contributed by atoms with E-state index in [0.29, 0.717) is 9.85 Å². The van der Waals surface area contributed by atoms with Gasteiger partial charge in [0, 0.05) is 23.1 Å². The highest BCUT2D eigenvalue weighted by atomic mass is 79.9. The van der Waals surface area contributed by atoms with Crippen LogP contribution in [0.3, 0.4) is 0 Å². The van der Waals surface area contributed by atoms with E-state index in [2.05, 4.69) is 41.7 Å². The van der Waals surface area contributed by atoms with Crippen LogP contribution in [0.5, 0.6) is 0 Å². The Morgan fingerprint density at radius 1 is 1.43 bits per heavy atom. The standard InChI is InChI=1S/C11H15BrClN/c1-11(2,3)10(12)6-9-5-4-8(13)7-14-9/h4-5,7,10H,6H2,1-3H3. The predicted octanol–water partition coefficient (Wildman–Crippen LogP) is 4.09. The molecule has 1 aromatic rings. The van der Waals surface area contributed by atoms with E-state index < -0.39 is 0 Å². The third-order valence-corrected chi connectivity index (χ3v) is 4.04. The van der Waals surface area contributed by atoms with Crippen molar-refractivity contribution >= 4 is 27.5 Å². The van der Waals surface area contributed by atoms with Gasteiger partial charge in [-0.25, -0.2) is 0 Å². The van der Waals surface area contributed by atoms with Gasteiger partial charge in [-0.3, -0.25) is 4.98 Å². The first-order valence-electron chi connectivity index (χ1n) is 4.64. The summed E-state index contributed by atoms with van der Waals surface area (Å²) in [6.45, 7) is 6.63. The molecule has 0 N–H and O–H groups in total. The maximum absolute atomic E-state index is 5.76. The van der Waals surface area contributed by atoms with Crippen LogP contribution in [0.15, 0.2) is 18.3 Å². The number of hydrogen-bond donors (Lipinski definition) is 0. The molecule has 0 saturated carbocycles. The van der Waals surface area contributed by atoms with Crippen molar-refractivity contribution < 1.29 is 0 Å². The summed E-state index contributed by atoms with van der Waals surface area (Å²) in [6, 6.07) is 3.86. The summed E-state index contributed by atoms with van der Waals surface area (Å²) >= 11 is 9.44. The second kappa shape index (κ2) is 4.63. The molecule has 1 heterocycles. The zero-order valence-corrected chi connectivity index (χ0v) is 11.1. The summed E-state index contributed by atoms with van der Waals surface area (Å²) in [5, 5.41) is 0.690. The number of aromatic nitrogens is 1. The predicted molar refractivity (Wildman–Crippen MR) is 65.1 cm³/mol. The molecular weight excluding hydrogens is 261 g/mol. The first-order chi connectivity index (χ1) is 6.39. The molecule has 1 unspecified atom stereocenters. The summed E-state index contributed by atoms with van der Waals surface area (Å²) in [5.74, 6) is 0. The highest BCUT2D eigenvalue weighted by molar-refractivity contribution is 9.09. The Hall–Kier alpha value is -0.0800. The molecule has 1 nitrogen and oxygen atoms in total. The van der Waals surface area contributed by atoms with E-state index in [1.54, 1.807) is 6.20 Å². The lowest BCUT2D eigenvalue weighted by atomic mass is 9.89.